The zero-order valence-electron chi connectivity index (χ0n) is 11.4. The van der Waals surface area contributed by atoms with E-state index in [4.69, 9.17) is 0 Å². The van der Waals surface area contributed by atoms with Gasteiger partial charge >= 0.3 is 0 Å². The second-order valence-corrected chi connectivity index (χ2v) is 5.92. The number of hydrogen-bond acceptors (Lipinski definition) is 4. The van der Waals surface area contributed by atoms with Crippen molar-refractivity contribution >= 4 is 34.8 Å². The first-order chi connectivity index (χ1) is 9.61. The Kier molecular flexibility index (Phi) is 4.92. The summed E-state index contributed by atoms with van der Waals surface area (Å²) in [6, 6.07) is 5.64. The van der Waals surface area contributed by atoms with Gasteiger partial charge in [0.15, 0.2) is 5.13 Å². The zero-order valence-corrected chi connectivity index (χ0v) is 13.1. The van der Waals surface area contributed by atoms with Gasteiger partial charge < -0.3 is 4.90 Å². The average Bonchev–Trinajstić information content (AvgIpc) is 2.80. The molecule has 0 saturated heterocycles. The van der Waals surface area contributed by atoms with E-state index in [0.29, 0.717) is 10.7 Å². The van der Waals surface area contributed by atoms with Gasteiger partial charge in [-0.25, -0.2) is 9.37 Å². The summed E-state index contributed by atoms with van der Waals surface area (Å²) < 4.78 is 13.1. The molecular formula is C14H15ClFN3OS. The summed E-state index contributed by atoms with van der Waals surface area (Å²) in [5, 5.41) is 3.32. The van der Waals surface area contributed by atoms with Crippen molar-refractivity contribution in [2.75, 3.05) is 18.9 Å². The highest BCUT2D eigenvalue weighted by Crippen LogP contribution is 2.27. The fraction of sp³-hybridized carbons (Fsp3) is 0.286. The molecule has 0 aliphatic carbocycles. The van der Waals surface area contributed by atoms with Gasteiger partial charge in [-0.15, -0.1) is 23.7 Å². The lowest BCUT2D eigenvalue weighted by Gasteiger charge is -2.20. The molecule has 0 spiro atoms. The van der Waals surface area contributed by atoms with Crippen LogP contribution in [0.4, 0.5) is 9.52 Å². The Morgan fingerprint density at radius 1 is 1.48 bits per heavy atom. The van der Waals surface area contributed by atoms with Crippen molar-refractivity contribution in [1.29, 1.82) is 0 Å². The van der Waals surface area contributed by atoms with Gasteiger partial charge in [-0.3, -0.25) is 10.1 Å². The third kappa shape index (κ3) is 3.58. The molecule has 0 atom stereocenters. The van der Waals surface area contributed by atoms with E-state index in [1.165, 1.54) is 34.4 Å². The molecule has 112 valence electrons. The summed E-state index contributed by atoms with van der Waals surface area (Å²) in [7, 11) is 2.06. The first-order valence-electron chi connectivity index (χ1n) is 6.36. The van der Waals surface area contributed by atoms with Gasteiger partial charge in [0.25, 0.3) is 5.91 Å². The monoisotopic (exact) mass is 327 g/mol. The Hall–Kier alpha value is -1.50. The lowest BCUT2D eigenvalue weighted by atomic mass is 10.2. The van der Waals surface area contributed by atoms with Crippen molar-refractivity contribution < 1.29 is 9.18 Å². The third-order valence-electron chi connectivity index (χ3n) is 3.23. The number of halogens is 2. The number of amides is 1. The summed E-state index contributed by atoms with van der Waals surface area (Å²) in [6.45, 7) is 1.84. The molecule has 7 heteroatoms. The highest BCUT2D eigenvalue weighted by Gasteiger charge is 2.19. The van der Waals surface area contributed by atoms with Crippen LogP contribution in [0.2, 0.25) is 0 Å². The van der Waals surface area contributed by atoms with E-state index in [9.17, 15) is 9.18 Å². The normalized spacial score (nSPS) is 14.2. The predicted molar refractivity (Wildman–Crippen MR) is 83.8 cm³/mol. The van der Waals surface area contributed by atoms with E-state index in [0.717, 1.165) is 25.2 Å². The van der Waals surface area contributed by atoms with Crippen LogP contribution in [-0.2, 0) is 13.0 Å². The van der Waals surface area contributed by atoms with Gasteiger partial charge in [-0.05, 0) is 25.2 Å². The standard InChI is InChI=1S/C14H14FN3OS.ClH/c1-18-6-5-11-12(8-18)20-14(16-11)17-13(19)9-3-2-4-10(15)7-9;/h2-4,7H,5-6,8H2,1H3,(H,16,17,19);1H. The average molecular weight is 328 g/mol. The SMILES string of the molecule is CN1CCc2nc(NC(=O)c3cccc(F)c3)sc2C1.Cl. The van der Waals surface area contributed by atoms with Crippen molar-refractivity contribution in [3.8, 4) is 0 Å². The summed E-state index contributed by atoms with van der Waals surface area (Å²) in [4.78, 5) is 19.9. The number of thiazole rings is 1. The third-order valence-corrected chi connectivity index (χ3v) is 4.23. The van der Waals surface area contributed by atoms with E-state index in [-0.39, 0.29) is 18.3 Å². The molecule has 2 aromatic rings. The smallest absolute Gasteiger partial charge is 0.257 e. The second kappa shape index (κ2) is 6.51. The quantitative estimate of drug-likeness (QED) is 0.922. The fourth-order valence-corrected chi connectivity index (χ4v) is 3.26. The van der Waals surface area contributed by atoms with E-state index in [1.54, 1.807) is 6.07 Å². The predicted octanol–water partition coefficient (Wildman–Crippen LogP) is 2.94. The summed E-state index contributed by atoms with van der Waals surface area (Å²) in [6.07, 6.45) is 0.901. The molecule has 3 rings (SSSR count). The molecule has 2 heterocycles. The van der Waals surface area contributed by atoms with Crippen molar-refractivity contribution in [2.45, 2.75) is 13.0 Å². The largest absolute Gasteiger partial charge is 0.301 e. The number of benzene rings is 1. The van der Waals surface area contributed by atoms with Crippen molar-refractivity contribution in [3.63, 3.8) is 0 Å². The van der Waals surface area contributed by atoms with Crippen molar-refractivity contribution in [1.82, 2.24) is 9.88 Å². The first-order valence-corrected chi connectivity index (χ1v) is 7.17. The number of hydrogen-bond donors (Lipinski definition) is 1. The van der Waals surface area contributed by atoms with Crippen LogP contribution >= 0.6 is 23.7 Å². The lowest BCUT2D eigenvalue weighted by Crippen LogP contribution is -2.25. The first kappa shape index (κ1) is 15.9. The topological polar surface area (TPSA) is 45.2 Å². The van der Waals surface area contributed by atoms with Crippen LogP contribution in [0.25, 0.3) is 0 Å². The highest BCUT2D eigenvalue weighted by molar-refractivity contribution is 7.15. The maximum Gasteiger partial charge on any atom is 0.257 e. The zero-order chi connectivity index (χ0) is 14.1. The van der Waals surface area contributed by atoms with Gasteiger partial charge in [0, 0.05) is 30.0 Å². The number of nitrogens with one attached hydrogen (secondary N) is 1. The van der Waals surface area contributed by atoms with E-state index >= 15 is 0 Å². The van der Waals surface area contributed by atoms with E-state index in [2.05, 4.69) is 22.2 Å². The Bertz CT molecular complexity index is 661. The van der Waals surface area contributed by atoms with E-state index in [1.807, 2.05) is 0 Å². The highest BCUT2D eigenvalue weighted by atomic mass is 35.5. The Balaban J connectivity index is 0.00000161. The number of rotatable bonds is 2. The molecule has 0 radical (unpaired) electrons. The number of likely N-dealkylation sites (N-methyl/N-ethyl adjacent to an activating group) is 1. The number of carbonyl (C=O) groups is 1. The fourth-order valence-electron chi connectivity index (χ4n) is 2.18. The molecule has 0 fully saturated rings. The second-order valence-electron chi connectivity index (χ2n) is 4.84. The van der Waals surface area contributed by atoms with Crippen LogP contribution in [0.15, 0.2) is 24.3 Å². The van der Waals surface area contributed by atoms with Crippen LogP contribution in [0.3, 0.4) is 0 Å². The van der Waals surface area contributed by atoms with Crippen molar-refractivity contribution in [2.24, 2.45) is 0 Å². The molecule has 0 saturated carbocycles. The summed E-state index contributed by atoms with van der Waals surface area (Å²) >= 11 is 1.49. The summed E-state index contributed by atoms with van der Waals surface area (Å²) in [5.41, 5.74) is 1.36. The van der Waals surface area contributed by atoms with Gasteiger partial charge in [0.1, 0.15) is 5.82 Å². The van der Waals surface area contributed by atoms with Crippen LogP contribution in [0.5, 0.6) is 0 Å². The van der Waals surface area contributed by atoms with E-state index < -0.39 is 5.82 Å². The maximum absolute atomic E-state index is 13.1. The maximum atomic E-state index is 13.1. The Morgan fingerprint density at radius 2 is 2.29 bits per heavy atom. The van der Waals surface area contributed by atoms with Crippen LogP contribution in [0, 0.1) is 5.82 Å². The molecule has 1 aromatic carbocycles. The molecule has 1 aliphatic heterocycles. The van der Waals surface area contributed by atoms with Crippen LogP contribution < -0.4 is 5.32 Å². The molecule has 0 bridgehead atoms. The Morgan fingerprint density at radius 3 is 3.05 bits per heavy atom. The minimum atomic E-state index is -0.419. The van der Waals surface area contributed by atoms with Crippen molar-refractivity contribution in [3.05, 3.63) is 46.2 Å². The molecule has 1 aromatic heterocycles. The number of nitrogens with zero attached hydrogens (tertiary/aromatic N) is 2. The number of carbonyl (C=O) groups excluding carboxylic acids is 1. The molecule has 21 heavy (non-hydrogen) atoms. The van der Waals surface area contributed by atoms with Crippen LogP contribution in [0.1, 0.15) is 20.9 Å². The minimum absolute atomic E-state index is 0. The molecule has 0 unspecified atom stereocenters. The molecule has 1 N–H and O–H groups in total. The van der Waals surface area contributed by atoms with Crippen LogP contribution in [-0.4, -0.2) is 29.4 Å². The molecule has 1 amide bonds. The molecule has 4 nitrogen and oxygen atoms in total. The summed E-state index contributed by atoms with van der Waals surface area (Å²) in [5.74, 6) is -0.748. The molecule has 1 aliphatic rings. The number of fused-ring (bicyclic) bond motifs is 1. The lowest BCUT2D eigenvalue weighted by molar-refractivity contribution is 0.102. The minimum Gasteiger partial charge on any atom is -0.301 e. The Labute approximate surface area is 132 Å². The van der Waals surface area contributed by atoms with Gasteiger partial charge in [0.05, 0.1) is 5.69 Å². The number of aromatic nitrogens is 1. The van der Waals surface area contributed by atoms with Gasteiger partial charge in [-0.2, -0.15) is 0 Å². The number of anilines is 1. The molecular weight excluding hydrogens is 313 g/mol. The van der Waals surface area contributed by atoms with Gasteiger partial charge in [0.2, 0.25) is 0 Å². The van der Waals surface area contributed by atoms with Gasteiger partial charge in [-0.1, -0.05) is 6.07 Å².